The van der Waals surface area contributed by atoms with Gasteiger partial charge >= 0.3 is 18.2 Å². The second-order valence-corrected chi connectivity index (χ2v) is 15.3. The number of amides is 4. The van der Waals surface area contributed by atoms with Crippen molar-refractivity contribution in [3.8, 4) is 0 Å². The molecule has 0 aromatic heterocycles. The molecule has 0 aromatic rings. The highest BCUT2D eigenvalue weighted by Gasteiger charge is 2.17. The Morgan fingerprint density at radius 2 is 0.915 bits per heavy atom. The Labute approximate surface area is 361 Å². The minimum atomic E-state index is -2.67. The highest BCUT2D eigenvalue weighted by atomic mass is 32.2. The van der Waals surface area contributed by atoms with Crippen molar-refractivity contribution in [2.75, 3.05) is 82.2 Å². The molecule has 2 rings (SSSR count). The molecule has 4 N–H and O–H groups in total. The van der Waals surface area contributed by atoms with Crippen molar-refractivity contribution >= 4 is 51.4 Å². The number of hydrogen-bond donors (Lipinski definition) is 4. The lowest BCUT2D eigenvalue weighted by Gasteiger charge is -1.95. The molecule has 0 atom stereocenters. The van der Waals surface area contributed by atoms with E-state index in [-0.39, 0.29) is 35.4 Å². The Morgan fingerprint density at radius 1 is 0.644 bits per heavy atom. The SMILES string of the molecule is CC(C)=O.CC1CC1.CCC.CCC(C)=O.CCC1CC1.CCNC(C)=O.CCOC(=O)NC.CN(C)C.CNC(=O)OC.CNC(C)=O.COC(C)=O.CS(C)(=O)=O. The van der Waals surface area contributed by atoms with Gasteiger partial charge in [0.1, 0.15) is 21.4 Å². The standard InChI is InChI=1S/C5H10.C4H9NO2.C4H9NO.C4H8O.C4H8.C3H7NO2.C3H7NO.C3H9N.C3H6O2.C3H6O.C3H8.C2H6O2S/c1-2-5-3-4-5;1-3-7-4(6)5-2;1-3-5-4(2)6;1-3-4(2)5;1-4-2-3-4;1-4-3(5)6-2;1-3(5)4-2;1-4(2)3;1-3(4)5-2;1-3(2)4;1-3-2;1-5(2,3)4/h5H,2-4H2,1H3;3H2,1-2H3,(H,5,6);3H2,1-2H3,(H,5,6);3H2,1-2H3;4H,2-3H2,1H3;1-2H3,(H,4,5);1-2H3,(H,4,5);1-3H3;1-2H3;1-2H3;3H2,1-2H3;1-2H3. The first-order valence-electron chi connectivity index (χ1n) is 19.7. The Bertz CT molecular complexity index is 997. The molecule has 360 valence electrons. The van der Waals surface area contributed by atoms with Gasteiger partial charge in [0.25, 0.3) is 0 Å². The summed E-state index contributed by atoms with van der Waals surface area (Å²) >= 11 is 0. The van der Waals surface area contributed by atoms with Crippen molar-refractivity contribution in [3.05, 3.63) is 0 Å². The van der Waals surface area contributed by atoms with Crippen molar-refractivity contribution in [3.63, 3.8) is 0 Å². The first-order chi connectivity index (χ1) is 26.9. The summed E-state index contributed by atoms with van der Waals surface area (Å²) in [6, 6.07) is 0. The van der Waals surface area contributed by atoms with Crippen LogP contribution in [0.1, 0.15) is 135 Å². The summed E-state index contributed by atoms with van der Waals surface area (Å²) in [4.78, 5) is 70.4. The first kappa shape index (κ1) is 79.4. The number of hydrogen-bond acceptors (Lipinski definition) is 13. The molecule has 2 aliphatic rings. The monoisotopic (exact) mass is 880 g/mol. The lowest BCUT2D eigenvalue weighted by molar-refractivity contribution is -0.138. The first-order valence-corrected chi connectivity index (χ1v) is 22.0. The topological polar surface area (TPSA) is 233 Å². The van der Waals surface area contributed by atoms with Gasteiger partial charge in [-0.2, -0.15) is 0 Å². The zero-order valence-corrected chi connectivity index (χ0v) is 42.6. The fourth-order valence-electron chi connectivity index (χ4n) is 1.25. The van der Waals surface area contributed by atoms with Crippen LogP contribution in [0.3, 0.4) is 0 Å². The lowest BCUT2D eigenvalue weighted by atomic mass is 10.3. The third kappa shape index (κ3) is 300. The molecule has 0 aromatic carbocycles. The third-order valence-corrected chi connectivity index (χ3v) is 4.57. The van der Waals surface area contributed by atoms with Gasteiger partial charge in [-0.25, -0.2) is 18.0 Å². The molecule has 2 fully saturated rings. The molecule has 0 bridgehead atoms. The van der Waals surface area contributed by atoms with E-state index in [2.05, 4.69) is 63.2 Å². The molecule has 2 aliphatic carbocycles. The predicted molar refractivity (Wildman–Crippen MR) is 244 cm³/mol. The van der Waals surface area contributed by atoms with Crippen molar-refractivity contribution < 1.29 is 56.2 Å². The van der Waals surface area contributed by atoms with E-state index in [1.807, 2.05) is 39.9 Å². The van der Waals surface area contributed by atoms with Gasteiger partial charge in [0.2, 0.25) is 11.8 Å². The minimum absolute atomic E-state index is 0.00463. The van der Waals surface area contributed by atoms with Gasteiger partial charge in [-0.1, -0.05) is 73.1 Å². The van der Waals surface area contributed by atoms with Gasteiger partial charge in [0.05, 0.1) is 20.8 Å². The summed E-state index contributed by atoms with van der Waals surface area (Å²) in [5, 5.41) is 9.52. The fourth-order valence-corrected chi connectivity index (χ4v) is 1.25. The van der Waals surface area contributed by atoms with Crippen molar-refractivity contribution in [1.29, 1.82) is 0 Å². The Hall–Kier alpha value is -3.80. The number of nitrogens with zero attached hydrogens (tertiary/aromatic N) is 1. The number of methoxy groups -OCH3 is 2. The number of carbonyl (C=O) groups excluding carboxylic acids is 7. The van der Waals surface area contributed by atoms with Gasteiger partial charge in [0.15, 0.2) is 0 Å². The second kappa shape index (κ2) is 66.0. The summed E-state index contributed by atoms with van der Waals surface area (Å²) in [5.41, 5.74) is 0. The number of alkyl carbamates (subject to hydrolysis) is 2. The summed E-state index contributed by atoms with van der Waals surface area (Å²) in [6.45, 7) is 24.4. The number of ketones is 2. The Kier molecular flexibility index (Phi) is 88.8. The number of ether oxygens (including phenoxy) is 3. The van der Waals surface area contributed by atoms with Crippen LogP contribution in [0.5, 0.6) is 0 Å². The molecular weight excluding hydrogens is 787 g/mol. The largest absolute Gasteiger partial charge is 0.469 e. The molecule has 0 saturated heterocycles. The molecule has 17 nitrogen and oxygen atoms in total. The van der Waals surface area contributed by atoms with Gasteiger partial charge in [0, 0.05) is 67.4 Å². The van der Waals surface area contributed by atoms with E-state index in [0.29, 0.717) is 13.0 Å². The number of rotatable bonds is 4. The molecule has 0 radical (unpaired) electrons. The molecule has 0 spiro atoms. The summed E-state index contributed by atoms with van der Waals surface area (Å²) in [6.07, 6.45) is 10.9. The predicted octanol–water partition coefficient (Wildman–Crippen LogP) is 6.47. The van der Waals surface area contributed by atoms with E-state index >= 15 is 0 Å². The average Bonchev–Trinajstić information content (AvgIpc) is 4.06. The Balaban J connectivity index is -0.0000000558. The molecule has 0 aliphatic heterocycles. The zero-order valence-electron chi connectivity index (χ0n) is 41.8. The summed E-state index contributed by atoms with van der Waals surface area (Å²) < 4.78 is 32.0. The van der Waals surface area contributed by atoms with Crippen LogP contribution in [-0.2, 0) is 48.0 Å². The van der Waals surface area contributed by atoms with Crippen LogP contribution in [-0.4, -0.2) is 137 Å². The molecule has 0 heterocycles. The molecule has 0 unspecified atom stereocenters. The molecular formula is C41H93N5O12S. The quantitative estimate of drug-likeness (QED) is 0.176. The van der Waals surface area contributed by atoms with E-state index in [1.54, 1.807) is 20.9 Å². The highest BCUT2D eigenvalue weighted by molar-refractivity contribution is 7.89. The number of carbonyl (C=O) groups is 7. The third-order valence-electron chi connectivity index (χ3n) is 4.57. The maximum absolute atomic E-state index is 10.1. The van der Waals surface area contributed by atoms with Gasteiger partial charge in [-0.3, -0.25) is 14.4 Å². The molecule has 2 saturated carbocycles. The number of Topliss-reactive ketones (excluding diaryl/α,β-unsaturated/α-hetero) is 2. The lowest BCUT2D eigenvalue weighted by Crippen LogP contribution is -2.18. The minimum Gasteiger partial charge on any atom is -0.469 e. The average molecular weight is 880 g/mol. The molecule has 4 amide bonds. The maximum atomic E-state index is 10.1. The van der Waals surface area contributed by atoms with Crippen LogP contribution in [0, 0.1) is 11.8 Å². The van der Waals surface area contributed by atoms with Crippen LogP contribution in [0.15, 0.2) is 0 Å². The van der Waals surface area contributed by atoms with Crippen LogP contribution in [0.25, 0.3) is 0 Å². The molecule has 59 heavy (non-hydrogen) atoms. The summed E-state index contributed by atoms with van der Waals surface area (Å²) in [5.74, 6) is 2.44. The van der Waals surface area contributed by atoms with E-state index in [1.165, 1.54) is 101 Å². The number of nitrogens with one attached hydrogen (secondary N) is 4. The van der Waals surface area contributed by atoms with E-state index in [0.717, 1.165) is 30.9 Å². The van der Waals surface area contributed by atoms with Crippen LogP contribution < -0.4 is 21.3 Å². The maximum Gasteiger partial charge on any atom is 0.406 e. The van der Waals surface area contributed by atoms with Gasteiger partial charge in [-0.05, 0) is 67.6 Å². The smallest absolute Gasteiger partial charge is 0.406 e. The van der Waals surface area contributed by atoms with E-state index in [4.69, 9.17) is 0 Å². The zero-order chi connectivity index (χ0) is 49.6. The van der Waals surface area contributed by atoms with Crippen LogP contribution in [0.2, 0.25) is 0 Å². The van der Waals surface area contributed by atoms with Gasteiger partial charge in [-0.15, -0.1) is 0 Å². The van der Waals surface area contributed by atoms with Crippen LogP contribution >= 0.6 is 0 Å². The highest BCUT2D eigenvalue weighted by Crippen LogP contribution is 2.31. The van der Waals surface area contributed by atoms with Crippen molar-refractivity contribution in [1.82, 2.24) is 26.2 Å². The number of sulfone groups is 1. The van der Waals surface area contributed by atoms with Gasteiger partial charge < -0.3 is 50.0 Å². The van der Waals surface area contributed by atoms with E-state index in [9.17, 15) is 42.0 Å². The Morgan fingerprint density at radius 3 is 0.932 bits per heavy atom. The number of esters is 1. The summed E-state index contributed by atoms with van der Waals surface area (Å²) in [7, 11) is 10.6. The van der Waals surface area contributed by atoms with Crippen LogP contribution in [0.4, 0.5) is 9.59 Å². The second-order valence-electron chi connectivity index (χ2n) is 13.0. The fraction of sp³-hybridized carbons (Fsp3) is 0.829. The van der Waals surface area contributed by atoms with Crippen molar-refractivity contribution in [2.45, 2.75) is 135 Å². The van der Waals surface area contributed by atoms with Crippen molar-refractivity contribution in [2.24, 2.45) is 11.8 Å². The normalized spacial score (nSPS) is 10.3. The van der Waals surface area contributed by atoms with E-state index < -0.39 is 15.9 Å². The molecule has 18 heteroatoms.